The van der Waals surface area contributed by atoms with Crippen LogP contribution in [0, 0.1) is 6.92 Å². The minimum Gasteiger partial charge on any atom is -0.465 e. The first-order valence-electron chi connectivity index (χ1n) is 15.2. The van der Waals surface area contributed by atoms with E-state index in [-0.39, 0.29) is 25.7 Å². The normalized spacial score (nSPS) is 13.5. The zero-order valence-corrected chi connectivity index (χ0v) is 28.8. The molecule has 236 valence electrons. The van der Waals surface area contributed by atoms with Crippen molar-refractivity contribution in [1.82, 2.24) is 0 Å². The average molecular weight is 687 g/mol. The predicted molar refractivity (Wildman–Crippen MR) is 188 cm³/mol. The number of halogens is 4. The number of anilines is 3. The largest absolute Gasteiger partial charge is 0.465 e. The molecule has 0 radical (unpaired) electrons. The number of nitrogens with zero attached hydrogens (tertiary/aromatic N) is 1. The maximum atomic E-state index is 13.3. The van der Waals surface area contributed by atoms with Gasteiger partial charge in [-0.25, -0.2) is 4.79 Å². The molecule has 1 aliphatic rings. The summed E-state index contributed by atoms with van der Waals surface area (Å²) in [6.07, 6.45) is 4.38. The number of carbonyl (C=O) groups is 1. The second-order valence-corrected chi connectivity index (χ2v) is 12.7. The Bertz CT molecular complexity index is 1700. The number of fused-ring (bicyclic) bond motifs is 2. The highest BCUT2D eigenvalue weighted by Gasteiger charge is 2.37. The lowest BCUT2D eigenvalue weighted by Crippen LogP contribution is -2.26. The highest BCUT2D eigenvalue weighted by molar-refractivity contribution is 6.53. The summed E-state index contributed by atoms with van der Waals surface area (Å²) in [6, 6.07) is 20.2. The molecule has 4 aromatic carbocycles. The molecule has 5 rings (SSSR count). The third kappa shape index (κ3) is 6.73. The van der Waals surface area contributed by atoms with Crippen LogP contribution in [0.25, 0.3) is 0 Å². The van der Waals surface area contributed by atoms with Gasteiger partial charge in [-0.3, -0.25) is 0 Å². The fourth-order valence-corrected chi connectivity index (χ4v) is 6.81. The van der Waals surface area contributed by atoms with Gasteiger partial charge in [-0.15, -0.1) is 0 Å². The van der Waals surface area contributed by atoms with Crippen molar-refractivity contribution in [1.29, 1.82) is 0 Å². The van der Waals surface area contributed by atoms with E-state index in [1.807, 2.05) is 55.5 Å². The van der Waals surface area contributed by atoms with Gasteiger partial charge in [0.1, 0.15) is 11.5 Å². The third-order valence-electron chi connectivity index (χ3n) is 8.16. The molecular weight excluding hydrogens is 650 g/mol. The Hall–Kier alpha value is -3.09. The molecule has 0 aromatic heterocycles. The molecule has 0 spiro atoms. The van der Waals surface area contributed by atoms with E-state index in [9.17, 15) is 4.79 Å². The Balaban J connectivity index is 1.75. The number of methoxy groups -OCH3 is 1. The molecule has 1 atom stereocenters. The van der Waals surface area contributed by atoms with E-state index >= 15 is 0 Å². The van der Waals surface area contributed by atoms with Crippen LogP contribution >= 0.6 is 46.4 Å². The number of ether oxygens (including phenoxy) is 2. The van der Waals surface area contributed by atoms with Gasteiger partial charge < -0.3 is 19.7 Å². The first kappa shape index (κ1) is 33.3. The molecule has 45 heavy (non-hydrogen) atoms. The first-order valence-corrected chi connectivity index (χ1v) is 16.7. The Morgan fingerprint density at radius 3 is 2.13 bits per heavy atom. The van der Waals surface area contributed by atoms with E-state index in [2.05, 4.69) is 36.2 Å². The van der Waals surface area contributed by atoms with Crippen molar-refractivity contribution in [3.8, 4) is 11.5 Å². The molecule has 0 fully saturated rings. The van der Waals surface area contributed by atoms with Crippen LogP contribution in [-0.2, 0) is 4.74 Å². The maximum Gasteiger partial charge on any atom is 0.339 e. The van der Waals surface area contributed by atoms with Crippen LogP contribution in [0.15, 0.2) is 60.7 Å². The number of aryl methyl sites for hydroxylation is 1. The molecule has 1 aliphatic heterocycles. The summed E-state index contributed by atoms with van der Waals surface area (Å²) in [5.74, 6) is 0.0637. The summed E-state index contributed by atoms with van der Waals surface area (Å²) in [6.45, 7) is 8.32. The first-order chi connectivity index (χ1) is 21.7. The van der Waals surface area contributed by atoms with Crippen molar-refractivity contribution >= 4 is 69.4 Å². The van der Waals surface area contributed by atoms with E-state index in [1.54, 1.807) is 0 Å². The summed E-state index contributed by atoms with van der Waals surface area (Å²) < 4.78 is 11.8. The summed E-state index contributed by atoms with van der Waals surface area (Å²) in [7, 11) is 1.30. The third-order valence-corrected chi connectivity index (χ3v) is 9.98. The number of para-hydroxylation sites is 1. The van der Waals surface area contributed by atoms with Gasteiger partial charge >= 0.3 is 5.97 Å². The number of unbranched alkanes of at least 4 members (excludes halogenated alkanes) is 2. The Morgan fingerprint density at radius 2 is 1.49 bits per heavy atom. The highest BCUT2D eigenvalue weighted by Crippen LogP contribution is 2.55. The predicted octanol–water partition coefficient (Wildman–Crippen LogP) is 11.8. The van der Waals surface area contributed by atoms with Crippen LogP contribution in [0.1, 0.15) is 78.1 Å². The lowest BCUT2D eigenvalue weighted by molar-refractivity contribution is 0.0599. The van der Waals surface area contributed by atoms with Gasteiger partial charge in [-0.1, -0.05) is 97.4 Å². The summed E-state index contributed by atoms with van der Waals surface area (Å²) in [4.78, 5) is 15.7. The Labute approximate surface area is 285 Å². The number of nitrogens with one attached hydrogen (secondary N) is 1. The van der Waals surface area contributed by atoms with Crippen molar-refractivity contribution in [2.75, 3.05) is 30.4 Å². The minimum absolute atomic E-state index is 0.00633. The number of hydrogen-bond acceptors (Lipinski definition) is 5. The van der Waals surface area contributed by atoms with Crippen molar-refractivity contribution in [2.45, 2.75) is 52.4 Å². The van der Waals surface area contributed by atoms with Crippen molar-refractivity contribution in [3.05, 3.63) is 109 Å². The van der Waals surface area contributed by atoms with E-state index in [0.717, 1.165) is 72.5 Å². The molecule has 1 heterocycles. The molecule has 4 aromatic rings. The Kier molecular flexibility index (Phi) is 10.8. The van der Waals surface area contributed by atoms with Crippen LogP contribution in [0.2, 0.25) is 20.1 Å². The molecule has 1 unspecified atom stereocenters. The smallest absolute Gasteiger partial charge is 0.339 e. The molecule has 9 heteroatoms. The van der Waals surface area contributed by atoms with Gasteiger partial charge in [-0.05, 0) is 55.7 Å². The molecule has 0 bridgehead atoms. The minimum atomic E-state index is -0.665. The van der Waals surface area contributed by atoms with Crippen LogP contribution in [0.5, 0.6) is 11.5 Å². The van der Waals surface area contributed by atoms with Gasteiger partial charge in [0.15, 0.2) is 0 Å². The van der Waals surface area contributed by atoms with E-state index in [0.29, 0.717) is 17.1 Å². The van der Waals surface area contributed by atoms with Crippen LogP contribution in [-0.4, -0.2) is 26.2 Å². The molecule has 5 nitrogen and oxygen atoms in total. The van der Waals surface area contributed by atoms with Gasteiger partial charge in [0.25, 0.3) is 0 Å². The van der Waals surface area contributed by atoms with Crippen molar-refractivity contribution < 1.29 is 14.3 Å². The average Bonchev–Trinajstić information content (AvgIpc) is 3.05. The second-order valence-electron chi connectivity index (χ2n) is 11.2. The summed E-state index contributed by atoms with van der Waals surface area (Å²) in [5.41, 5.74) is 5.94. The van der Waals surface area contributed by atoms with Gasteiger partial charge in [0.2, 0.25) is 0 Å². The topological polar surface area (TPSA) is 50.8 Å². The van der Waals surface area contributed by atoms with Gasteiger partial charge in [-0.2, -0.15) is 0 Å². The SMILES string of the molecule is CCCCN(CCCC)c1ccc2c(c1)Oc1cc(C)c(Nc3ccccc3)cc1C2c1c(Cl)c(Cl)c(Cl)c(Cl)c1C(=O)OC. The van der Waals surface area contributed by atoms with Gasteiger partial charge in [0, 0.05) is 58.8 Å². The number of carbonyl (C=O) groups excluding carboxylic acids is 1. The molecule has 0 saturated carbocycles. The zero-order chi connectivity index (χ0) is 32.2. The lowest BCUT2D eigenvalue weighted by atomic mass is 9.79. The zero-order valence-electron chi connectivity index (χ0n) is 25.8. The van der Waals surface area contributed by atoms with Crippen LogP contribution in [0.3, 0.4) is 0 Å². The monoisotopic (exact) mass is 684 g/mol. The molecule has 1 N–H and O–H groups in total. The lowest BCUT2D eigenvalue weighted by Gasteiger charge is -2.33. The molecule has 0 amide bonds. The fourth-order valence-electron chi connectivity index (χ4n) is 5.76. The fraction of sp³-hybridized carbons (Fsp3) is 0.306. The maximum absolute atomic E-state index is 13.3. The van der Waals surface area contributed by atoms with Crippen molar-refractivity contribution in [2.24, 2.45) is 0 Å². The van der Waals surface area contributed by atoms with Gasteiger partial charge in [0.05, 0.1) is 32.8 Å². The Morgan fingerprint density at radius 1 is 0.844 bits per heavy atom. The molecule has 0 saturated heterocycles. The highest BCUT2D eigenvalue weighted by atomic mass is 35.5. The standard InChI is InChI=1S/C36H36Cl4N2O3/c1-5-7-16-42(17-8-6-2)23-14-15-24-28(19-23)45-27-18-21(3)26(41-22-12-10-9-11-13-22)20-25(27)29(24)30-31(36(43)44-4)33(38)35(40)34(39)32(30)37/h9-15,18-20,29,41H,5-8,16-17H2,1-4H3. The number of hydrogen-bond donors (Lipinski definition) is 1. The van der Waals surface area contributed by atoms with Crippen LogP contribution < -0.4 is 15.0 Å². The van der Waals surface area contributed by atoms with E-state index in [4.69, 9.17) is 55.9 Å². The summed E-state index contributed by atoms with van der Waals surface area (Å²) in [5, 5.41) is 3.69. The second kappa shape index (κ2) is 14.6. The number of esters is 1. The van der Waals surface area contributed by atoms with E-state index < -0.39 is 11.9 Å². The number of rotatable bonds is 11. The molecule has 0 aliphatic carbocycles. The number of benzene rings is 4. The molecular formula is C36H36Cl4N2O3. The van der Waals surface area contributed by atoms with E-state index in [1.165, 1.54) is 7.11 Å². The quantitative estimate of drug-likeness (QED) is 0.0852. The van der Waals surface area contributed by atoms with Crippen molar-refractivity contribution in [3.63, 3.8) is 0 Å². The van der Waals surface area contributed by atoms with Crippen LogP contribution in [0.4, 0.5) is 17.1 Å². The summed E-state index contributed by atoms with van der Waals surface area (Å²) >= 11 is 26.9.